The highest BCUT2D eigenvalue weighted by molar-refractivity contribution is 9.10. The Kier molecular flexibility index (Phi) is 5.90. The Morgan fingerprint density at radius 3 is 2.38 bits per heavy atom. The predicted octanol–water partition coefficient (Wildman–Crippen LogP) is 1.41. The Morgan fingerprint density at radius 1 is 1.00 bits per heavy atom. The summed E-state index contributed by atoms with van der Waals surface area (Å²) in [6, 6.07) is 16.6. The second-order valence-electron chi connectivity index (χ2n) is 7.14. The molecule has 0 saturated carbocycles. The van der Waals surface area contributed by atoms with E-state index in [1.165, 1.54) is 30.7 Å². The first kappa shape index (κ1) is 19.6. The zero-order valence-corrected chi connectivity index (χ0v) is 18.1. The van der Waals surface area contributed by atoms with Crippen LogP contribution in [-0.4, -0.2) is 28.6 Å². The van der Waals surface area contributed by atoms with Crippen LogP contribution in [0.25, 0.3) is 0 Å². The van der Waals surface area contributed by atoms with Gasteiger partial charge in [0.1, 0.15) is 5.69 Å². The molecule has 0 amide bonds. The number of aliphatic hydroxyl groups is 1. The van der Waals surface area contributed by atoms with Gasteiger partial charge in [-0.1, -0.05) is 45.8 Å². The van der Waals surface area contributed by atoms with Gasteiger partial charge in [0.25, 0.3) is 11.6 Å². The second kappa shape index (κ2) is 7.83. The highest BCUT2D eigenvalue weighted by Crippen LogP contribution is 2.38. The molecule has 26 heavy (non-hydrogen) atoms. The molecule has 0 fully saturated rings. The largest absolute Gasteiger partial charge is 1.00 e. The second-order valence-corrected chi connectivity index (χ2v) is 8.06. The number of hydrogen-bond acceptors (Lipinski definition) is 2. The lowest BCUT2D eigenvalue weighted by Gasteiger charge is -2.29. The standard InChI is InChI=1S/C21H24BrN2O.BrH/c1-16-6-12-19(13-7-16)24-20-5-3-2-4-14-23(20)15-21(24,25)17-8-10-18(22)11-9-17;/h6-13,25H,2-5,14-15H2,1H3;1H/q+1;/p-1. The maximum absolute atomic E-state index is 11.8. The lowest BCUT2D eigenvalue weighted by atomic mass is 10.00. The van der Waals surface area contributed by atoms with Crippen molar-refractivity contribution in [3.63, 3.8) is 0 Å². The van der Waals surface area contributed by atoms with E-state index >= 15 is 0 Å². The fourth-order valence-electron chi connectivity index (χ4n) is 4.02. The van der Waals surface area contributed by atoms with Gasteiger partial charge < -0.3 is 22.1 Å². The Hall–Kier alpha value is -1.17. The van der Waals surface area contributed by atoms with Crippen molar-refractivity contribution in [1.82, 2.24) is 0 Å². The molecule has 4 rings (SSSR count). The van der Waals surface area contributed by atoms with E-state index < -0.39 is 5.72 Å². The molecule has 3 nitrogen and oxygen atoms in total. The molecule has 0 bridgehead atoms. The smallest absolute Gasteiger partial charge is 0.275 e. The van der Waals surface area contributed by atoms with Crippen LogP contribution in [0, 0.1) is 6.92 Å². The van der Waals surface area contributed by atoms with E-state index in [1.54, 1.807) is 0 Å². The molecule has 1 atom stereocenters. The van der Waals surface area contributed by atoms with Crippen LogP contribution in [0.15, 0.2) is 53.0 Å². The minimum Gasteiger partial charge on any atom is -1.00 e. The summed E-state index contributed by atoms with van der Waals surface area (Å²) in [6.07, 6.45) is 4.66. The topological polar surface area (TPSA) is 26.5 Å². The van der Waals surface area contributed by atoms with Crippen LogP contribution >= 0.6 is 15.9 Å². The predicted molar refractivity (Wildman–Crippen MR) is 105 cm³/mol. The maximum atomic E-state index is 11.8. The highest BCUT2D eigenvalue weighted by Gasteiger charge is 2.53. The van der Waals surface area contributed by atoms with Gasteiger partial charge in [0, 0.05) is 16.5 Å². The average molecular weight is 480 g/mol. The summed E-state index contributed by atoms with van der Waals surface area (Å²) in [5.41, 5.74) is 2.22. The summed E-state index contributed by atoms with van der Waals surface area (Å²) in [4.78, 5) is 2.17. The molecule has 2 aromatic carbocycles. The van der Waals surface area contributed by atoms with Crippen molar-refractivity contribution in [2.45, 2.75) is 38.3 Å². The fraction of sp³-hybridized carbons (Fsp3) is 0.381. The third-order valence-corrected chi connectivity index (χ3v) is 5.86. The number of hydrogen-bond donors (Lipinski definition) is 1. The number of aryl methyl sites for hydroxylation is 1. The average Bonchev–Trinajstić information content (AvgIpc) is 2.74. The van der Waals surface area contributed by atoms with Gasteiger partial charge in [-0.25, -0.2) is 0 Å². The molecule has 138 valence electrons. The molecule has 2 aromatic rings. The first-order chi connectivity index (χ1) is 12.1. The first-order valence-electron chi connectivity index (χ1n) is 9.04. The first-order valence-corrected chi connectivity index (χ1v) is 9.83. The quantitative estimate of drug-likeness (QED) is 0.659. The van der Waals surface area contributed by atoms with Gasteiger partial charge in [-0.2, -0.15) is 4.90 Å². The molecule has 0 saturated heterocycles. The van der Waals surface area contributed by atoms with Gasteiger partial charge in [0.05, 0.1) is 6.54 Å². The molecule has 0 spiro atoms. The number of benzene rings is 2. The molecule has 0 radical (unpaired) electrons. The van der Waals surface area contributed by atoms with Crippen molar-refractivity contribution in [2.24, 2.45) is 0 Å². The molecule has 0 aromatic heterocycles. The van der Waals surface area contributed by atoms with Crippen LogP contribution in [-0.2, 0) is 5.72 Å². The Balaban J connectivity index is 0.00000196. The SMILES string of the molecule is Cc1ccc(N2C3=[N+](CCCCC3)CC2(O)c2ccc(Br)cc2)cc1.[Br-]. The number of amidine groups is 1. The van der Waals surface area contributed by atoms with Crippen LogP contribution in [0.2, 0.25) is 0 Å². The van der Waals surface area contributed by atoms with E-state index in [9.17, 15) is 5.11 Å². The molecule has 1 N–H and O–H groups in total. The third-order valence-electron chi connectivity index (χ3n) is 5.33. The fourth-order valence-corrected chi connectivity index (χ4v) is 4.28. The van der Waals surface area contributed by atoms with E-state index in [0.29, 0.717) is 6.54 Å². The zero-order chi connectivity index (χ0) is 17.4. The summed E-state index contributed by atoms with van der Waals surface area (Å²) in [5, 5.41) is 11.8. The lowest BCUT2D eigenvalue weighted by Crippen LogP contribution is -3.00. The number of rotatable bonds is 2. The van der Waals surface area contributed by atoms with Crippen LogP contribution in [0.4, 0.5) is 5.69 Å². The minimum absolute atomic E-state index is 0. The van der Waals surface area contributed by atoms with Gasteiger partial charge >= 0.3 is 0 Å². The summed E-state index contributed by atoms with van der Waals surface area (Å²) in [6.45, 7) is 3.74. The maximum Gasteiger partial charge on any atom is 0.275 e. The molecular formula is C21H24Br2N2O. The van der Waals surface area contributed by atoms with Gasteiger partial charge in [0.2, 0.25) is 0 Å². The molecule has 0 aliphatic carbocycles. The summed E-state index contributed by atoms with van der Waals surface area (Å²) >= 11 is 3.50. The van der Waals surface area contributed by atoms with Crippen molar-refractivity contribution in [2.75, 3.05) is 18.0 Å². The van der Waals surface area contributed by atoms with E-state index in [4.69, 9.17) is 0 Å². The van der Waals surface area contributed by atoms with Gasteiger partial charge in [0.15, 0.2) is 6.54 Å². The molecule has 1 unspecified atom stereocenters. The van der Waals surface area contributed by atoms with Crippen molar-refractivity contribution < 1.29 is 26.7 Å². The van der Waals surface area contributed by atoms with Crippen LogP contribution in [0.5, 0.6) is 0 Å². The van der Waals surface area contributed by atoms with Crippen LogP contribution in [0.1, 0.15) is 36.8 Å². The lowest BCUT2D eigenvalue weighted by molar-refractivity contribution is -0.534. The number of anilines is 1. The Morgan fingerprint density at radius 2 is 1.69 bits per heavy atom. The monoisotopic (exact) mass is 478 g/mol. The highest BCUT2D eigenvalue weighted by atomic mass is 79.9. The number of halogens is 2. The minimum atomic E-state index is -1.03. The molecule has 2 heterocycles. The van der Waals surface area contributed by atoms with Crippen molar-refractivity contribution >= 4 is 27.5 Å². The van der Waals surface area contributed by atoms with Crippen molar-refractivity contribution in [1.29, 1.82) is 0 Å². The van der Waals surface area contributed by atoms with Crippen LogP contribution < -0.4 is 21.9 Å². The van der Waals surface area contributed by atoms with Crippen molar-refractivity contribution in [3.8, 4) is 0 Å². The summed E-state index contributed by atoms with van der Waals surface area (Å²) in [7, 11) is 0. The van der Waals surface area contributed by atoms with Crippen molar-refractivity contribution in [3.05, 3.63) is 64.1 Å². The molecular weight excluding hydrogens is 456 g/mol. The van der Waals surface area contributed by atoms with E-state index in [2.05, 4.69) is 56.6 Å². The summed E-state index contributed by atoms with van der Waals surface area (Å²) in [5.74, 6) is 1.26. The summed E-state index contributed by atoms with van der Waals surface area (Å²) < 4.78 is 3.41. The molecule has 2 aliphatic heterocycles. The molecule has 5 heteroatoms. The van der Waals surface area contributed by atoms with Crippen LogP contribution in [0.3, 0.4) is 0 Å². The Bertz CT molecular complexity index is 802. The van der Waals surface area contributed by atoms with E-state index in [-0.39, 0.29) is 17.0 Å². The third kappa shape index (κ3) is 3.49. The van der Waals surface area contributed by atoms with E-state index in [0.717, 1.165) is 28.7 Å². The normalized spacial score (nSPS) is 22.7. The zero-order valence-electron chi connectivity index (χ0n) is 15.0. The molecule has 2 aliphatic rings. The number of nitrogens with zero attached hydrogens (tertiary/aromatic N) is 2. The van der Waals surface area contributed by atoms with Gasteiger partial charge in [-0.15, -0.1) is 0 Å². The van der Waals surface area contributed by atoms with E-state index in [1.807, 2.05) is 24.3 Å². The van der Waals surface area contributed by atoms with Gasteiger partial charge in [-0.05, 0) is 50.5 Å². The van der Waals surface area contributed by atoms with Gasteiger partial charge in [-0.3, -0.25) is 4.58 Å². The Labute approximate surface area is 174 Å².